The fraction of sp³-hybridized carbons (Fsp3) is 0.773. The van der Waals surface area contributed by atoms with Gasteiger partial charge < -0.3 is 15.4 Å². The summed E-state index contributed by atoms with van der Waals surface area (Å²) >= 11 is 0. The molecule has 7 nitrogen and oxygen atoms in total. The molecule has 2 N–H and O–H groups in total. The van der Waals surface area contributed by atoms with Crippen LogP contribution < -0.4 is 11.3 Å². The molecule has 1 amide bonds. The number of ether oxygens (including phenoxy) is 1. The van der Waals surface area contributed by atoms with Crippen LogP contribution in [-0.4, -0.2) is 51.7 Å². The highest BCUT2D eigenvalue weighted by molar-refractivity contribution is 5.68. The van der Waals surface area contributed by atoms with Gasteiger partial charge in [-0.3, -0.25) is 9.36 Å². The van der Waals surface area contributed by atoms with Crippen LogP contribution in [0, 0.1) is 5.92 Å². The number of fused-ring (bicyclic) bond motifs is 1. The summed E-state index contributed by atoms with van der Waals surface area (Å²) in [6.45, 7) is -0.331. The maximum absolute atomic E-state index is 13.1. The lowest BCUT2D eigenvalue weighted by molar-refractivity contribution is -0.186. The van der Waals surface area contributed by atoms with Gasteiger partial charge in [0, 0.05) is 31.0 Å². The van der Waals surface area contributed by atoms with Crippen molar-refractivity contribution in [2.75, 3.05) is 12.3 Å². The van der Waals surface area contributed by atoms with E-state index in [0.29, 0.717) is 4.57 Å². The van der Waals surface area contributed by atoms with Gasteiger partial charge in [0.25, 0.3) is 5.56 Å². The molecule has 1 aliphatic heterocycles. The maximum atomic E-state index is 13.1. The Labute approximate surface area is 211 Å². The van der Waals surface area contributed by atoms with Gasteiger partial charge in [0.15, 0.2) is 0 Å². The van der Waals surface area contributed by atoms with Crippen molar-refractivity contribution in [2.24, 2.45) is 5.92 Å². The van der Waals surface area contributed by atoms with Crippen molar-refractivity contribution in [3.8, 4) is 0 Å². The van der Waals surface area contributed by atoms with E-state index in [1.165, 1.54) is 4.90 Å². The second kappa shape index (κ2) is 11.2. The number of nitrogens with two attached hydrogens (primary N) is 1. The lowest BCUT2D eigenvalue weighted by Gasteiger charge is -2.33. The monoisotopic (exact) mass is 566 g/mol. The Morgan fingerprint density at radius 3 is 2.03 bits per heavy atom. The molecule has 1 saturated carbocycles. The van der Waals surface area contributed by atoms with Gasteiger partial charge in [-0.15, -0.1) is 0 Å². The third-order valence-electron chi connectivity index (χ3n) is 6.84. The lowest BCUT2D eigenvalue weighted by Crippen LogP contribution is -2.43. The number of nitrogens with zero attached hydrogens (tertiary/aromatic N) is 3. The average molecular weight is 566 g/mol. The molecule has 3 rings (SSSR count). The smallest absolute Gasteiger partial charge is 0.410 e. The zero-order valence-electron chi connectivity index (χ0n) is 20.1. The summed E-state index contributed by atoms with van der Waals surface area (Å²) in [5.74, 6) is -2.03. The molecule has 0 atom stereocenters. The van der Waals surface area contributed by atoms with E-state index >= 15 is 0 Å². The number of aromatic nitrogens is 2. The van der Waals surface area contributed by atoms with Gasteiger partial charge in [-0.1, -0.05) is 0 Å². The number of carbonyl (C=O) groups excluding carboxylic acids is 1. The average Bonchev–Trinajstić information content (AvgIpc) is 2.78. The molecule has 2 aliphatic rings. The minimum absolute atomic E-state index is 0.0120. The number of hydrogen-bond donors (Lipinski definition) is 1. The van der Waals surface area contributed by atoms with Gasteiger partial charge in [0.1, 0.15) is 6.10 Å². The van der Waals surface area contributed by atoms with E-state index in [-0.39, 0.29) is 56.5 Å². The van der Waals surface area contributed by atoms with Crippen LogP contribution in [-0.2, 0) is 17.7 Å². The van der Waals surface area contributed by atoms with Gasteiger partial charge >= 0.3 is 24.6 Å². The third-order valence-corrected chi connectivity index (χ3v) is 6.84. The number of alkyl halides is 9. The van der Waals surface area contributed by atoms with Crippen molar-refractivity contribution in [2.45, 2.75) is 95.0 Å². The number of halogens is 9. The molecule has 0 unspecified atom stereocenters. The zero-order valence-corrected chi connectivity index (χ0v) is 20.1. The molecule has 0 aromatic carbocycles. The Morgan fingerprint density at radius 1 is 0.974 bits per heavy atom. The Morgan fingerprint density at radius 2 is 1.53 bits per heavy atom. The standard InChI is InChI=1S/C22H27F9N4O3/c23-20(24,25)8-5-13(6-9-21(26,27)28)35-17(36)15-7-10-34(11-16(15)33-18(35)32)19(37)38-14-3-1-12(2-4-14)22(29,30)31/h12-14H,1-11H2,(H2,32,33)/t12-,14+. The van der Waals surface area contributed by atoms with E-state index in [1.54, 1.807) is 0 Å². The van der Waals surface area contributed by atoms with Crippen molar-refractivity contribution in [3.05, 3.63) is 21.6 Å². The van der Waals surface area contributed by atoms with Crippen LogP contribution in [0.25, 0.3) is 0 Å². The second-order valence-corrected chi connectivity index (χ2v) is 9.60. The van der Waals surface area contributed by atoms with Crippen LogP contribution in [0.15, 0.2) is 4.79 Å². The number of carbonyl (C=O) groups is 1. The number of amides is 1. The van der Waals surface area contributed by atoms with Crippen molar-refractivity contribution in [1.82, 2.24) is 14.5 Å². The van der Waals surface area contributed by atoms with Gasteiger partial charge in [-0.25, -0.2) is 9.78 Å². The second-order valence-electron chi connectivity index (χ2n) is 9.60. The van der Waals surface area contributed by atoms with E-state index in [4.69, 9.17) is 10.5 Å². The number of rotatable bonds is 6. The topological polar surface area (TPSA) is 90.5 Å². The largest absolute Gasteiger partial charge is 0.446 e. The molecule has 2 heterocycles. The zero-order chi connectivity index (χ0) is 28.5. The predicted molar refractivity (Wildman–Crippen MR) is 115 cm³/mol. The van der Waals surface area contributed by atoms with Gasteiger partial charge in [-0.05, 0) is 44.9 Å². The quantitative estimate of drug-likeness (QED) is 0.449. The Bertz CT molecular complexity index is 1030. The lowest BCUT2D eigenvalue weighted by atomic mass is 9.87. The summed E-state index contributed by atoms with van der Waals surface area (Å²) in [6, 6.07) is -1.50. The van der Waals surface area contributed by atoms with E-state index < -0.39 is 79.9 Å². The first-order chi connectivity index (χ1) is 17.4. The molecular formula is C22H27F9N4O3. The van der Waals surface area contributed by atoms with E-state index in [0.717, 1.165) is 0 Å². The summed E-state index contributed by atoms with van der Waals surface area (Å²) in [7, 11) is 0. The molecule has 38 heavy (non-hydrogen) atoms. The molecular weight excluding hydrogens is 539 g/mol. The molecule has 0 bridgehead atoms. The van der Waals surface area contributed by atoms with E-state index in [1.807, 2.05) is 0 Å². The summed E-state index contributed by atoms with van der Waals surface area (Å²) in [4.78, 5) is 30.8. The van der Waals surface area contributed by atoms with Gasteiger partial charge in [-0.2, -0.15) is 39.5 Å². The summed E-state index contributed by atoms with van der Waals surface area (Å²) in [5, 5.41) is 0. The van der Waals surface area contributed by atoms with Crippen LogP contribution >= 0.6 is 0 Å². The minimum Gasteiger partial charge on any atom is -0.446 e. The van der Waals surface area contributed by atoms with Gasteiger partial charge in [0.2, 0.25) is 5.95 Å². The van der Waals surface area contributed by atoms with Crippen molar-refractivity contribution in [3.63, 3.8) is 0 Å². The van der Waals surface area contributed by atoms with Crippen molar-refractivity contribution < 1.29 is 49.0 Å². The first-order valence-electron chi connectivity index (χ1n) is 12.0. The minimum atomic E-state index is -4.66. The predicted octanol–water partition coefficient (Wildman–Crippen LogP) is 5.67. The number of anilines is 1. The first-order valence-corrected chi connectivity index (χ1v) is 12.0. The molecule has 1 aromatic rings. The normalized spacial score (nSPS) is 20.9. The van der Waals surface area contributed by atoms with Crippen LogP contribution in [0.5, 0.6) is 0 Å². The van der Waals surface area contributed by atoms with Gasteiger partial charge in [0.05, 0.1) is 18.2 Å². The molecule has 1 aliphatic carbocycles. The van der Waals surface area contributed by atoms with Crippen LogP contribution in [0.4, 0.5) is 50.3 Å². The summed E-state index contributed by atoms with van der Waals surface area (Å²) in [6.07, 6.45) is -20.0. The fourth-order valence-corrected chi connectivity index (χ4v) is 4.82. The van der Waals surface area contributed by atoms with Crippen molar-refractivity contribution in [1.29, 1.82) is 0 Å². The molecule has 1 fully saturated rings. The molecule has 0 radical (unpaired) electrons. The molecule has 0 spiro atoms. The van der Waals surface area contributed by atoms with E-state index in [2.05, 4.69) is 4.98 Å². The molecule has 216 valence electrons. The Balaban J connectivity index is 1.72. The Kier molecular flexibility index (Phi) is 8.81. The number of nitrogen functional groups attached to an aromatic ring is 1. The van der Waals surface area contributed by atoms with Crippen molar-refractivity contribution >= 4 is 12.0 Å². The first kappa shape index (κ1) is 29.9. The van der Waals surface area contributed by atoms with Crippen LogP contribution in [0.3, 0.4) is 0 Å². The summed E-state index contributed by atoms with van der Waals surface area (Å²) < 4.78 is 121. The molecule has 16 heteroatoms. The number of hydrogen-bond acceptors (Lipinski definition) is 5. The third kappa shape index (κ3) is 7.91. The van der Waals surface area contributed by atoms with Crippen LogP contribution in [0.2, 0.25) is 0 Å². The summed E-state index contributed by atoms with van der Waals surface area (Å²) in [5.41, 5.74) is 4.97. The highest BCUT2D eigenvalue weighted by Crippen LogP contribution is 2.38. The SMILES string of the molecule is Nc1nc2c(c(=O)n1C(CCC(F)(F)F)CCC(F)(F)F)CCN(C(=O)O[C@H]1CC[C@@H](C(F)(F)F)CC1)C2. The molecule has 0 saturated heterocycles. The fourth-order valence-electron chi connectivity index (χ4n) is 4.82. The highest BCUT2D eigenvalue weighted by atomic mass is 19.4. The Hall–Kier alpha value is -2.68. The highest BCUT2D eigenvalue weighted by Gasteiger charge is 2.42. The van der Waals surface area contributed by atoms with E-state index in [9.17, 15) is 49.1 Å². The molecule has 1 aromatic heterocycles. The van der Waals surface area contributed by atoms with Crippen LogP contribution in [0.1, 0.15) is 68.7 Å². The maximum Gasteiger partial charge on any atom is 0.410 e.